The first-order valence-corrected chi connectivity index (χ1v) is 10.8. The molecule has 1 N–H and O–H groups in total. The molecule has 1 spiro atoms. The maximum atomic E-state index is 13.1. The van der Waals surface area contributed by atoms with Crippen molar-refractivity contribution in [3.8, 4) is 11.5 Å². The predicted octanol–water partition coefficient (Wildman–Crippen LogP) is 2.46. The minimum Gasteiger partial charge on any atom is -0.381 e. The zero-order chi connectivity index (χ0) is 20.7. The summed E-state index contributed by atoms with van der Waals surface area (Å²) in [6.07, 6.45) is 9.73. The molecular formula is C22H29N5O3. The lowest BCUT2D eigenvalue weighted by Gasteiger charge is -2.53. The van der Waals surface area contributed by atoms with Gasteiger partial charge < -0.3 is 19.4 Å². The topological polar surface area (TPSA) is 91.2 Å². The third kappa shape index (κ3) is 3.63. The number of ether oxygens (including phenoxy) is 2. The van der Waals surface area contributed by atoms with Gasteiger partial charge in [0.05, 0.1) is 31.8 Å². The van der Waals surface area contributed by atoms with Gasteiger partial charge in [-0.05, 0) is 44.6 Å². The second-order valence-electron chi connectivity index (χ2n) is 9.17. The van der Waals surface area contributed by atoms with Gasteiger partial charge in [0.15, 0.2) is 5.82 Å². The first-order chi connectivity index (χ1) is 14.5. The van der Waals surface area contributed by atoms with Crippen LogP contribution in [0, 0.1) is 5.41 Å². The number of rotatable bonds is 5. The Morgan fingerprint density at radius 3 is 2.60 bits per heavy atom. The Hall–Kier alpha value is -2.32. The summed E-state index contributed by atoms with van der Waals surface area (Å²) in [4.78, 5) is 26.7. The highest BCUT2D eigenvalue weighted by atomic mass is 16.5. The molecule has 3 fully saturated rings. The molecular weight excluding hydrogens is 382 g/mol. The SMILES string of the molecule is COC1CCC(NC(=O)c2cc(C3CC4(COC4)C3)nc(-c3cncn3C)n2)CC1. The van der Waals surface area contributed by atoms with E-state index in [0.717, 1.165) is 63.1 Å². The third-order valence-electron chi connectivity index (χ3n) is 6.96. The van der Waals surface area contributed by atoms with E-state index < -0.39 is 0 Å². The van der Waals surface area contributed by atoms with Gasteiger partial charge in [0.2, 0.25) is 0 Å². The Labute approximate surface area is 176 Å². The van der Waals surface area contributed by atoms with E-state index in [0.29, 0.717) is 29.0 Å². The van der Waals surface area contributed by atoms with Crippen molar-refractivity contribution in [2.75, 3.05) is 20.3 Å². The van der Waals surface area contributed by atoms with E-state index in [1.807, 2.05) is 17.7 Å². The second-order valence-corrected chi connectivity index (χ2v) is 9.17. The van der Waals surface area contributed by atoms with E-state index >= 15 is 0 Å². The van der Waals surface area contributed by atoms with Crippen molar-refractivity contribution >= 4 is 5.91 Å². The second kappa shape index (κ2) is 7.74. The summed E-state index contributed by atoms with van der Waals surface area (Å²) >= 11 is 0. The normalized spacial score (nSPS) is 25.5. The number of nitrogens with zero attached hydrogens (tertiary/aromatic N) is 4. The number of aryl methyl sites for hydroxylation is 1. The first-order valence-electron chi connectivity index (χ1n) is 10.8. The molecule has 0 radical (unpaired) electrons. The van der Waals surface area contributed by atoms with Gasteiger partial charge in [-0.2, -0.15) is 0 Å². The maximum absolute atomic E-state index is 13.1. The summed E-state index contributed by atoms with van der Waals surface area (Å²) in [5.41, 5.74) is 2.54. The third-order valence-corrected chi connectivity index (χ3v) is 6.96. The average Bonchev–Trinajstić information content (AvgIpc) is 3.12. The minimum absolute atomic E-state index is 0.121. The van der Waals surface area contributed by atoms with Crippen molar-refractivity contribution in [3.05, 3.63) is 30.0 Å². The van der Waals surface area contributed by atoms with Gasteiger partial charge >= 0.3 is 0 Å². The smallest absolute Gasteiger partial charge is 0.270 e. The Bertz CT molecular complexity index is 923. The van der Waals surface area contributed by atoms with Crippen LogP contribution in [0.15, 0.2) is 18.6 Å². The molecule has 2 aromatic rings. The standard InChI is InChI=1S/C22H29N5O3/c1-27-13-23-10-19(27)20-25-17(14-8-22(9-14)11-30-12-22)7-18(26-20)21(28)24-15-3-5-16(29-2)6-4-15/h7,10,13-16H,3-6,8-9,11-12H2,1-2H3,(H,24,28). The van der Waals surface area contributed by atoms with Gasteiger partial charge in [0.25, 0.3) is 5.91 Å². The predicted molar refractivity (Wildman–Crippen MR) is 110 cm³/mol. The first kappa shape index (κ1) is 19.6. The van der Waals surface area contributed by atoms with Crippen LogP contribution in [0.3, 0.4) is 0 Å². The van der Waals surface area contributed by atoms with Crippen LogP contribution in [0.1, 0.15) is 60.6 Å². The van der Waals surface area contributed by atoms with Gasteiger partial charge in [-0.3, -0.25) is 4.79 Å². The van der Waals surface area contributed by atoms with E-state index in [-0.39, 0.29) is 11.9 Å². The van der Waals surface area contributed by atoms with Crippen molar-refractivity contribution in [3.63, 3.8) is 0 Å². The summed E-state index contributed by atoms with van der Waals surface area (Å²) in [6, 6.07) is 2.05. The number of hydrogen-bond donors (Lipinski definition) is 1. The molecule has 3 heterocycles. The van der Waals surface area contributed by atoms with E-state index in [9.17, 15) is 4.79 Å². The lowest BCUT2D eigenvalue weighted by Crippen LogP contribution is -2.51. The highest BCUT2D eigenvalue weighted by molar-refractivity contribution is 5.93. The molecule has 1 aliphatic heterocycles. The fourth-order valence-electron chi connectivity index (χ4n) is 5.00. The van der Waals surface area contributed by atoms with Crippen LogP contribution >= 0.6 is 0 Å². The van der Waals surface area contributed by atoms with Crippen LogP contribution in [0.25, 0.3) is 11.5 Å². The highest BCUT2D eigenvalue weighted by Crippen LogP contribution is 2.54. The molecule has 30 heavy (non-hydrogen) atoms. The Morgan fingerprint density at radius 2 is 2.00 bits per heavy atom. The summed E-state index contributed by atoms with van der Waals surface area (Å²) in [5, 5.41) is 3.18. The van der Waals surface area contributed by atoms with Crippen LogP contribution < -0.4 is 5.32 Å². The zero-order valence-electron chi connectivity index (χ0n) is 17.6. The maximum Gasteiger partial charge on any atom is 0.270 e. The molecule has 2 aliphatic carbocycles. The number of aromatic nitrogens is 4. The lowest BCUT2D eigenvalue weighted by molar-refractivity contribution is -0.164. The molecule has 0 unspecified atom stereocenters. The highest BCUT2D eigenvalue weighted by Gasteiger charge is 2.50. The summed E-state index contributed by atoms with van der Waals surface area (Å²) in [6.45, 7) is 1.70. The summed E-state index contributed by atoms with van der Waals surface area (Å²) in [7, 11) is 3.67. The van der Waals surface area contributed by atoms with Gasteiger partial charge in [-0.25, -0.2) is 15.0 Å². The Kier molecular flexibility index (Phi) is 5.06. The van der Waals surface area contributed by atoms with E-state index in [1.165, 1.54) is 0 Å². The molecule has 1 amide bonds. The van der Waals surface area contributed by atoms with Crippen molar-refractivity contribution in [2.45, 2.75) is 56.6 Å². The number of imidazole rings is 1. The molecule has 5 rings (SSSR count). The summed E-state index contributed by atoms with van der Waals surface area (Å²) in [5.74, 6) is 0.795. The Balaban J connectivity index is 1.37. The van der Waals surface area contributed by atoms with Gasteiger partial charge in [-0.15, -0.1) is 0 Å². The molecule has 1 saturated heterocycles. The molecule has 2 aromatic heterocycles. The summed E-state index contributed by atoms with van der Waals surface area (Å²) < 4.78 is 12.7. The molecule has 8 nitrogen and oxygen atoms in total. The minimum atomic E-state index is -0.121. The van der Waals surface area contributed by atoms with Crippen LogP contribution in [0.4, 0.5) is 0 Å². The number of carbonyl (C=O) groups is 1. The average molecular weight is 412 g/mol. The van der Waals surface area contributed by atoms with Crippen molar-refractivity contribution < 1.29 is 14.3 Å². The van der Waals surface area contributed by atoms with Crippen molar-refractivity contribution in [1.29, 1.82) is 0 Å². The number of methoxy groups -OCH3 is 1. The molecule has 8 heteroatoms. The van der Waals surface area contributed by atoms with E-state index in [1.54, 1.807) is 19.6 Å². The molecule has 0 aromatic carbocycles. The number of carbonyl (C=O) groups excluding carboxylic acids is 1. The van der Waals surface area contributed by atoms with Crippen molar-refractivity contribution in [1.82, 2.24) is 24.8 Å². The molecule has 2 saturated carbocycles. The molecule has 3 aliphatic rings. The molecule has 160 valence electrons. The molecule has 0 atom stereocenters. The van der Waals surface area contributed by atoms with Crippen LogP contribution in [-0.4, -0.2) is 57.9 Å². The largest absolute Gasteiger partial charge is 0.381 e. The van der Waals surface area contributed by atoms with Crippen molar-refractivity contribution in [2.24, 2.45) is 12.5 Å². The van der Waals surface area contributed by atoms with Crippen LogP contribution in [0.2, 0.25) is 0 Å². The fourth-order valence-corrected chi connectivity index (χ4v) is 5.00. The van der Waals surface area contributed by atoms with Crippen LogP contribution in [0.5, 0.6) is 0 Å². The molecule has 0 bridgehead atoms. The Morgan fingerprint density at radius 1 is 1.23 bits per heavy atom. The zero-order valence-corrected chi connectivity index (χ0v) is 17.6. The monoisotopic (exact) mass is 411 g/mol. The number of nitrogens with one attached hydrogen (secondary N) is 1. The number of amides is 1. The van der Waals surface area contributed by atoms with Crippen LogP contribution in [-0.2, 0) is 16.5 Å². The number of hydrogen-bond acceptors (Lipinski definition) is 6. The lowest BCUT2D eigenvalue weighted by atomic mass is 9.60. The van der Waals surface area contributed by atoms with Gasteiger partial charge in [0, 0.05) is 37.2 Å². The van der Waals surface area contributed by atoms with Gasteiger partial charge in [-0.1, -0.05) is 0 Å². The van der Waals surface area contributed by atoms with E-state index in [2.05, 4.69) is 15.3 Å². The van der Waals surface area contributed by atoms with Gasteiger partial charge in [0.1, 0.15) is 11.4 Å². The quantitative estimate of drug-likeness (QED) is 0.813. The van der Waals surface area contributed by atoms with E-state index in [4.69, 9.17) is 14.5 Å². The fraction of sp³-hybridized carbons (Fsp3) is 0.636.